The summed E-state index contributed by atoms with van der Waals surface area (Å²) in [6.07, 6.45) is -6.42. The summed E-state index contributed by atoms with van der Waals surface area (Å²) in [5.74, 6) is 0.544. The van der Waals surface area contributed by atoms with Crippen LogP contribution in [0.2, 0.25) is 0 Å². The van der Waals surface area contributed by atoms with E-state index in [-0.39, 0.29) is 50.3 Å². The lowest BCUT2D eigenvalue weighted by Crippen LogP contribution is -2.60. The van der Waals surface area contributed by atoms with Crippen LogP contribution in [0.1, 0.15) is 86.8 Å². The third-order valence-electron chi connectivity index (χ3n) is 11.9. The summed E-state index contributed by atoms with van der Waals surface area (Å²) >= 11 is 0. The number of amides is 1. The van der Waals surface area contributed by atoms with Gasteiger partial charge in [0.2, 0.25) is 6.10 Å². The fraction of sp³-hybridized carbons (Fsp3) is 0.714. The molecule has 0 aliphatic carbocycles. The fourth-order valence-electron chi connectivity index (χ4n) is 8.69. The molecule has 0 aromatic carbocycles. The summed E-state index contributed by atoms with van der Waals surface area (Å²) in [7, 11) is 3.72. The monoisotopic (exact) mass is 811 g/mol. The molecule has 1 aromatic rings. The maximum Gasteiger partial charge on any atom is 0.316 e. The molecular formula is C42H61N5O11. The van der Waals surface area contributed by atoms with Gasteiger partial charge in [0, 0.05) is 23.6 Å². The van der Waals surface area contributed by atoms with Crippen molar-refractivity contribution in [3.63, 3.8) is 0 Å². The van der Waals surface area contributed by atoms with Crippen LogP contribution in [-0.4, -0.2) is 137 Å². The number of likely N-dealkylation sites (N-methyl/N-ethyl adjacent to an activating group) is 1. The Balaban J connectivity index is 1.67. The molecule has 16 nitrogen and oxygen atoms in total. The Labute approximate surface area is 341 Å². The molecule has 4 N–H and O–H groups in total. The summed E-state index contributed by atoms with van der Waals surface area (Å²) < 4.78 is 32.3. The number of nitrogens with two attached hydrogens (primary N) is 1. The number of cyclic esters (lactones) is 1. The zero-order chi connectivity index (χ0) is 42.7. The Bertz CT molecular complexity index is 1790. The third-order valence-corrected chi connectivity index (χ3v) is 11.9. The summed E-state index contributed by atoms with van der Waals surface area (Å²) in [4.78, 5) is 59.2. The quantitative estimate of drug-likeness (QED) is 0.222. The lowest BCUT2D eigenvalue weighted by atomic mass is 9.73. The van der Waals surface area contributed by atoms with Crippen molar-refractivity contribution in [1.82, 2.24) is 9.88 Å². The van der Waals surface area contributed by atoms with Crippen molar-refractivity contribution in [2.75, 3.05) is 33.0 Å². The maximum atomic E-state index is 14.4. The number of nitrogen functional groups attached to an aromatic ring is 1. The first-order chi connectivity index (χ1) is 27.3. The van der Waals surface area contributed by atoms with E-state index in [2.05, 4.69) is 27.0 Å². The van der Waals surface area contributed by atoms with Crippen molar-refractivity contribution in [3.05, 3.63) is 23.9 Å². The van der Waals surface area contributed by atoms with Gasteiger partial charge in [-0.3, -0.25) is 14.4 Å². The Morgan fingerprint density at radius 3 is 2.47 bits per heavy atom. The highest BCUT2D eigenvalue weighted by Gasteiger charge is 2.53. The largest absolute Gasteiger partial charge is 0.459 e. The van der Waals surface area contributed by atoms with Crippen LogP contribution in [-0.2, 0) is 42.9 Å². The van der Waals surface area contributed by atoms with Crippen LogP contribution in [0.25, 0.3) is 0 Å². The number of ether oxygens (including phenoxy) is 5. The maximum absolute atomic E-state index is 14.4. The molecule has 4 bridgehead atoms. The predicted octanol–water partition coefficient (Wildman–Crippen LogP) is 2.70. The first-order valence-electron chi connectivity index (χ1n) is 20.2. The molecule has 5 heterocycles. The molecule has 0 spiro atoms. The van der Waals surface area contributed by atoms with Crippen molar-refractivity contribution in [1.29, 1.82) is 0 Å². The van der Waals surface area contributed by atoms with E-state index in [1.54, 1.807) is 45.9 Å². The van der Waals surface area contributed by atoms with E-state index >= 15 is 0 Å². The fourth-order valence-corrected chi connectivity index (χ4v) is 8.69. The number of Topliss-reactive ketones (excluding diaryl/α,β-unsaturated/α-hetero) is 1. The number of ketones is 1. The smallest absolute Gasteiger partial charge is 0.316 e. The minimum absolute atomic E-state index is 0.0934. The van der Waals surface area contributed by atoms with Gasteiger partial charge in [0.15, 0.2) is 12.1 Å². The summed E-state index contributed by atoms with van der Waals surface area (Å²) in [5.41, 5.74) is 3.56. The molecular weight excluding hydrogens is 750 g/mol. The van der Waals surface area contributed by atoms with E-state index in [0.717, 1.165) is 0 Å². The summed E-state index contributed by atoms with van der Waals surface area (Å²) in [6.45, 7) is 13.3. The number of aliphatic imine (C=N–C) groups is 1. The van der Waals surface area contributed by atoms with E-state index in [1.807, 2.05) is 32.8 Å². The van der Waals surface area contributed by atoms with Crippen LogP contribution in [0.5, 0.6) is 0 Å². The highest BCUT2D eigenvalue weighted by Crippen LogP contribution is 2.40. The molecule has 4 aliphatic rings. The third kappa shape index (κ3) is 9.95. The molecule has 0 radical (unpaired) electrons. The van der Waals surface area contributed by atoms with Crippen LogP contribution in [0.3, 0.4) is 0 Å². The highest BCUT2D eigenvalue weighted by atomic mass is 16.7. The topological polar surface area (TPSA) is 214 Å². The minimum atomic E-state index is -1.85. The van der Waals surface area contributed by atoms with Gasteiger partial charge in [0.25, 0.3) is 5.91 Å². The number of aliphatic hydroxyl groups excluding tert-OH is 1. The van der Waals surface area contributed by atoms with Crippen LogP contribution in [0.4, 0.5) is 5.82 Å². The van der Waals surface area contributed by atoms with Crippen LogP contribution < -0.4 is 5.73 Å². The molecule has 58 heavy (non-hydrogen) atoms. The van der Waals surface area contributed by atoms with Crippen LogP contribution >= 0.6 is 0 Å². The normalized spacial score (nSPS) is 40.1. The molecule has 1 unspecified atom stereocenters. The Hall–Kier alpha value is -3.82. The van der Waals surface area contributed by atoms with Crippen molar-refractivity contribution < 1.29 is 53.1 Å². The number of aromatic nitrogens is 1. The molecule has 320 valence electrons. The number of carbonyl (C=O) groups excluding carboxylic acids is 3. The summed E-state index contributed by atoms with van der Waals surface area (Å²) in [5, 5.41) is 28.3. The molecule has 1 aromatic heterocycles. The van der Waals surface area contributed by atoms with Crippen LogP contribution in [0.15, 0.2) is 28.3 Å². The zero-order valence-electron chi connectivity index (χ0n) is 35.3. The molecule has 0 saturated carbocycles. The van der Waals surface area contributed by atoms with Gasteiger partial charge in [-0.1, -0.05) is 44.8 Å². The molecule has 14 atom stereocenters. The Kier molecular flexibility index (Phi) is 14.5. The van der Waals surface area contributed by atoms with Gasteiger partial charge in [-0.2, -0.15) is 0 Å². The van der Waals surface area contributed by atoms with E-state index < -0.39 is 89.3 Å². The lowest BCUT2D eigenvalue weighted by Gasteiger charge is -2.47. The molecule has 1 amide bonds. The number of pyridine rings is 1. The number of nitrogens with zero attached hydrogens (tertiary/aromatic N) is 4. The van der Waals surface area contributed by atoms with E-state index in [1.165, 1.54) is 13.8 Å². The summed E-state index contributed by atoms with van der Waals surface area (Å²) in [6, 6.07) is 4.73. The number of anilines is 1. The predicted molar refractivity (Wildman–Crippen MR) is 213 cm³/mol. The van der Waals surface area contributed by atoms with Gasteiger partial charge < -0.3 is 49.4 Å². The Morgan fingerprint density at radius 1 is 1.07 bits per heavy atom. The second-order valence-corrected chi connectivity index (χ2v) is 16.9. The SMILES string of the molecule is CC[C@H]1OC(=O)[C@H](C)C(=O)[C@H](C)[C@@H](O[C@@H]2O[C@H](C)C[C@H](N(C)C)[C@H]2O)[C@@]2(C)C[C@@H](C)C3=NC(=O)C(CC#Cc4cccc(N)n4)O/N=C(\CO[C@@H]([C@@H]3C)[C@]1(C)O)CO2. The van der Waals surface area contributed by atoms with Crippen molar-refractivity contribution in [2.24, 2.45) is 33.8 Å². The first kappa shape index (κ1) is 45.3. The van der Waals surface area contributed by atoms with Gasteiger partial charge in [0.1, 0.15) is 41.0 Å². The number of hydrogen-bond acceptors (Lipinski definition) is 15. The number of aliphatic hydroxyl groups is 2. The number of fused-ring (bicyclic) bond motifs is 4. The van der Waals surface area contributed by atoms with Gasteiger partial charge in [-0.25, -0.2) is 9.98 Å². The van der Waals surface area contributed by atoms with Gasteiger partial charge in [-0.15, -0.1) is 0 Å². The minimum Gasteiger partial charge on any atom is -0.459 e. The lowest BCUT2D eigenvalue weighted by molar-refractivity contribution is -0.296. The highest BCUT2D eigenvalue weighted by molar-refractivity contribution is 6.01. The van der Waals surface area contributed by atoms with Gasteiger partial charge in [0.05, 0.1) is 43.5 Å². The van der Waals surface area contributed by atoms with Gasteiger partial charge in [-0.05, 0) is 85.0 Å². The second-order valence-electron chi connectivity index (χ2n) is 16.9. The molecule has 3 saturated heterocycles. The van der Waals surface area contributed by atoms with E-state index in [4.69, 9.17) is 34.3 Å². The second kappa shape index (κ2) is 18.6. The molecule has 4 aliphatic heterocycles. The number of carbonyl (C=O) groups is 3. The zero-order valence-corrected chi connectivity index (χ0v) is 35.3. The average molecular weight is 812 g/mol. The standard InChI is InChI=1S/C42H61N5O11/c1-11-31-42(8,52)37-24(4)33-22(2)19-41(7,36(25(5)34(48)26(6)39(51)56-31)57-40-35(49)29(47(9)10)18-23(3)55-40)54-21-28(20-53-37)46-58-30(38(50)45-33)16-12-14-27-15-13-17-32(43)44-27/h13,15,17,22-26,29-31,35-37,40,49,52H,11,16,18-21H2,1-10H3,(H2,43,44)/b45-33?,46-28+/t22-,23-,24-,25+,26-,29+,30?,31-,35-,36-,37+,40+,41-,42-/m1/s1. The number of rotatable bonds is 5. The number of esters is 1. The molecule has 16 heteroatoms. The van der Waals surface area contributed by atoms with Crippen LogP contribution in [0, 0.1) is 35.5 Å². The number of oxime groups is 1. The number of hydrogen-bond donors (Lipinski definition) is 3. The average Bonchev–Trinajstić information content (AvgIpc) is 3.19. The van der Waals surface area contributed by atoms with Crippen molar-refractivity contribution in [2.45, 2.75) is 141 Å². The first-order valence-corrected chi connectivity index (χ1v) is 20.2. The van der Waals surface area contributed by atoms with Crippen molar-refractivity contribution in [3.8, 4) is 11.8 Å². The van der Waals surface area contributed by atoms with E-state index in [9.17, 15) is 24.6 Å². The molecule has 3 fully saturated rings. The van der Waals surface area contributed by atoms with Crippen molar-refractivity contribution >= 4 is 34.9 Å². The van der Waals surface area contributed by atoms with Gasteiger partial charge >= 0.3 is 5.97 Å². The Morgan fingerprint density at radius 2 is 1.79 bits per heavy atom. The molecule has 5 rings (SSSR count). The van der Waals surface area contributed by atoms with E-state index in [0.29, 0.717) is 23.6 Å².